The second-order valence-corrected chi connectivity index (χ2v) is 6.25. The van der Waals surface area contributed by atoms with E-state index < -0.39 is 5.60 Å². The number of rotatable bonds is 2. The SMILES string of the molecule is CC(C)(C)OC(=O)N1CC2(CC2C(=O)OCCl)C1. The summed E-state index contributed by atoms with van der Waals surface area (Å²) in [5.74, 6) is -0.358. The Hall–Kier alpha value is -0.970. The average Bonchev–Trinajstić information content (AvgIpc) is 2.87. The summed E-state index contributed by atoms with van der Waals surface area (Å²) in [6.45, 7) is 6.64. The highest BCUT2D eigenvalue weighted by Crippen LogP contribution is 2.59. The molecule has 5 nitrogen and oxygen atoms in total. The van der Waals surface area contributed by atoms with Crippen molar-refractivity contribution in [3.8, 4) is 0 Å². The Labute approximate surface area is 111 Å². The maximum atomic E-state index is 11.7. The lowest BCUT2D eigenvalue weighted by molar-refractivity contribution is -0.145. The fourth-order valence-corrected chi connectivity index (χ4v) is 2.46. The molecule has 1 heterocycles. The molecule has 6 heteroatoms. The van der Waals surface area contributed by atoms with Crippen molar-refractivity contribution >= 4 is 23.7 Å². The number of esters is 1. The van der Waals surface area contributed by atoms with Gasteiger partial charge in [0, 0.05) is 18.5 Å². The van der Waals surface area contributed by atoms with Gasteiger partial charge in [0.2, 0.25) is 0 Å². The lowest BCUT2D eigenvalue weighted by Gasteiger charge is -2.40. The van der Waals surface area contributed by atoms with E-state index in [-0.39, 0.29) is 29.5 Å². The molecular weight excluding hydrogens is 258 g/mol. The zero-order valence-electron chi connectivity index (χ0n) is 10.9. The predicted octanol–water partition coefficient (Wildman–Crippen LogP) is 1.98. The van der Waals surface area contributed by atoms with Crippen LogP contribution in [0.4, 0.5) is 4.79 Å². The molecule has 102 valence electrons. The van der Waals surface area contributed by atoms with Crippen molar-refractivity contribution in [1.29, 1.82) is 0 Å². The van der Waals surface area contributed by atoms with Gasteiger partial charge in [0.15, 0.2) is 6.07 Å². The third kappa shape index (κ3) is 2.55. The molecule has 0 aromatic carbocycles. The van der Waals surface area contributed by atoms with Crippen LogP contribution in [0.1, 0.15) is 27.2 Å². The van der Waals surface area contributed by atoms with Gasteiger partial charge in [-0.25, -0.2) is 4.79 Å². The number of carbonyl (C=O) groups is 2. The topological polar surface area (TPSA) is 55.8 Å². The smallest absolute Gasteiger partial charge is 0.410 e. The largest absolute Gasteiger partial charge is 0.449 e. The van der Waals surface area contributed by atoms with Crippen molar-refractivity contribution < 1.29 is 19.1 Å². The van der Waals surface area contributed by atoms with E-state index >= 15 is 0 Å². The first kappa shape index (κ1) is 13.5. The quantitative estimate of drug-likeness (QED) is 0.571. The van der Waals surface area contributed by atoms with Crippen LogP contribution in [0.2, 0.25) is 0 Å². The first-order chi connectivity index (χ1) is 8.27. The second kappa shape index (κ2) is 4.30. The molecule has 0 aromatic rings. The van der Waals surface area contributed by atoms with Crippen molar-refractivity contribution in [2.24, 2.45) is 11.3 Å². The van der Waals surface area contributed by atoms with Crippen LogP contribution in [0.5, 0.6) is 0 Å². The monoisotopic (exact) mass is 275 g/mol. The minimum Gasteiger partial charge on any atom is -0.449 e. The molecule has 2 aliphatic rings. The van der Waals surface area contributed by atoms with E-state index in [0.717, 1.165) is 6.42 Å². The summed E-state index contributed by atoms with van der Waals surface area (Å²) in [5, 5.41) is 0. The van der Waals surface area contributed by atoms with Gasteiger partial charge in [-0.15, -0.1) is 0 Å². The molecule has 2 rings (SSSR count). The van der Waals surface area contributed by atoms with Crippen molar-refractivity contribution in [3.63, 3.8) is 0 Å². The summed E-state index contributed by atoms with van der Waals surface area (Å²) in [6.07, 6.45) is 0.464. The molecule has 1 atom stereocenters. The van der Waals surface area contributed by atoms with Gasteiger partial charge in [-0.3, -0.25) is 4.79 Å². The fourth-order valence-electron chi connectivity index (χ4n) is 2.35. The molecule has 0 bridgehead atoms. The van der Waals surface area contributed by atoms with Gasteiger partial charge >= 0.3 is 12.1 Å². The third-order valence-electron chi connectivity index (χ3n) is 3.33. The van der Waals surface area contributed by atoms with Crippen molar-refractivity contribution in [2.75, 3.05) is 19.2 Å². The zero-order valence-corrected chi connectivity index (χ0v) is 11.6. The van der Waals surface area contributed by atoms with Crippen LogP contribution in [0, 0.1) is 11.3 Å². The van der Waals surface area contributed by atoms with E-state index in [1.54, 1.807) is 4.90 Å². The highest BCUT2D eigenvalue weighted by Gasteiger charge is 2.66. The number of hydrogen-bond acceptors (Lipinski definition) is 4. The highest BCUT2D eigenvalue weighted by molar-refractivity contribution is 6.17. The number of amides is 1. The highest BCUT2D eigenvalue weighted by atomic mass is 35.5. The lowest BCUT2D eigenvalue weighted by Crippen LogP contribution is -2.54. The molecule has 18 heavy (non-hydrogen) atoms. The van der Waals surface area contributed by atoms with E-state index in [1.165, 1.54) is 0 Å². The molecule has 1 aliphatic heterocycles. The summed E-state index contributed by atoms with van der Waals surface area (Å²) in [4.78, 5) is 24.8. The van der Waals surface area contributed by atoms with Crippen molar-refractivity contribution in [2.45, 2.75) is 32.8 Å². The Kier molecular flexibility index (Phi) is 3.21. The molecule has 0 aromatic heterocycles. The van der Waals surface area contributed by atoms with E-state index in [0.29, 0.717) is 13.1 Å². The lowest BCUT2D eigenvalue weighted by atomic mass is 9.94. The van der Waals surface area contributed by atoms with Gasteiger partial charge in [-0.1, -0.05) is 11.6 Å². The van der Waals surface area contributed by atoms with E-state index in [1.807, 2.05) is 20.8 Å². The normalized spacial score (nSPS) is 24.4. The van der Waals surface area contributed by atoms with Crippen LogP contribution in [0.25, 0.3) is 0 Å². The van der Waals surface area contributed by atoms with E-state index in [4.69, 9.17) is 21.1 Å². The number of likely N-dealkylation sites (tertiary alicyclic amines) is 1. The molecule has 1 saturated carbocycles. The summed E-state index contributed by atoms with van der Waals surface area (Å²) in [7, 11) is 0. The first-order valence-electron chi connectivity index (χ1n) is 5.98. The summed E-state index contributed by atoms with van der Waals surface area (Å²) in [6, 6.07) is -0.110. The molecular formula is C12H18ClNO4. The average molecular weight is 276 g/mol. The van der Waals surface area contributed by atoms with Gasteiger partial charge in [0.25, 0.3) is 0 Å². The fraction of sp³-hybridized carbons (Fsp3) is 0.833. The third-order valence-corrected chi connectivity index (χ3v) is 3.44. The Balaban J connectivity index is 1.78. The molecule has 1 aliphatic carbocycles. The number of nitrogens with zero attached hydrogens (tertiary/aromatic N) is 1. The van der Waals surface area contributed by atoms with Crippen LogP contribution in [0.15, 0.2) is 0 Å². The maximum Gasteiger partial charge on any atom is 0.410 e. The van der Waals surface area contributed by atoms with Crippen molar-refractivity contribution in [3.05, 3.63) is 0 Å². The summed E-state index contributed by atoms with van der Waals surface area (Å²) in [5.41, 5.74) is -0.555. The van der Waals surface area contributed by atoms with Gasteiger partial charge in [0.05, 0.1) is 5.92 Å². The van der Waals surface area contributed by atoms with E-state index in [2.05, 4.69) is 0 Å². The van der Waals surface area contributed by atoms with Gasteiger partial charge in [0.1, 0.15) is 5.60 Å². The Bertz CT molecular complexity index is 371. The summed E-state index contributed by atoms with van der Waals surface area (Å²) >= 11 is 5.35. The second-order valence-electron chi connectivity index (χ2n) is 6.03. The zero-order chi connectivity index (χ0) is 13.6. The van der Waals surface area contributed by atoms with Crippen LogP contribution in [-0.4, -0.2) is 41.7 Å². The molecule has 0 N–H and O–H groups in total. The van der Waals surface area contributed by atoms with Gasteiger partial charge in [-0.2, -0.15) is 0 Å². The van der Waals surface area contributed by atoms with Crippen LogP contribution >= 0.6 is 11.6 Å². The number of hydrogen-bond donors (Lipinski definition) is 0. The molecule has 1 amide bonds. The molecule has 1 spiro atoms. The minimum absolute atomic E-state index is 0.0694. The number of alkyl halides is 1. The number of ether oxygens (including phenoxy) is 2. The predicted molar refractivity (Wildman–Crippen MR) is 65.2 cm³/mol. The number of halogens is 1. The molecule has 0 radical (unpaired) electrons. The molecule has 1 saturated heterocycles. The molecule has 1 unspecified atom stereocenters. The van der Waals surface area contributed by atoms with E-state index in [9.17, 15) is 9.59 Å². The number of carbonyl (C=O) groups excluding carboxylic acids is 2. The van der Waals surface area contributed by atoms with Gasteiger partial charge < -0.3 is 14.4 Å². The van der Waals surface area contributed by atoms with Crippen LogP contribution < -0.4 is 0 Å². The molecule has 2 fully saturated rings. The standard InChI is InChI=1S/C12H18ClNO4/c1-11(2,3)18-10(16)14-5-12(6-14)4-8(12)9(15)17-7-13/h8H,4-7H2,1-3H3. The van der Waals surface area contributed by atoms with Gasteiger partial charge in [-0.05, 0) is 27.2 Å². The van der Waals surface area contributed by atoms with Crippen LogP contribution in [-0.2, 0) is 14.3 Å². The summed E-state index contributed by atoms with van der Waals surface area (Å²) < 4.78 is 10.0. The Morgan fingerprint density at radius 3 is 2.50 bits per heavy atom. The maximum absolute atomic E-state index is 11.7. The first-order valence-corrected chi connectivity index (χ1v) is 6.51. The Morgan fingerprint density at radius 2 is 2.00 bits per heavy atom. The minimum atomic E-state index is -0.486. The Morgan fingerprint density at radius 1 is 1.39 bits per heavy atom. The van der Waals surface area contributed by atoms with Crippen molar-refractivity contribution in [1.82, 2.24) is 4.90 Å². The van der Waals surface area contributed by atoms with Crippen LogP contribution in [0.3, 0.4) is 0 Å².